The Balaban J connectivity index is 1.78. The van der Waals surface area contributed by atoms with Crippen molar-refractivity contribution >= 4 is 46.1 Å². The van der Waals surface area contributed by atoms with Gasteiger partial charge >= 0.3 is 23.9 Å². The number of benzene rings is 3. The monoisotopic (exact) mass is 603 g/mol. The van der Waals surface area contributed by atoms with E-state index in [0.29, 0.717) is 11.1 Å². The Labute approximate surface area is 249 Å². The molecule has 0 saturated carbocycles. The summed E-state index contributed by atoms with van der Waals surface area (Å²) in [5.41, 5.74) is 6.29. The Kier molecular flexibility index (Phi) is 9.81. The topological polar surface area (TPSA) is 177 Å². The van der Waals surface area contributed by atoms with Crippen molar-refractivity contribution in [2.45, 2.75) is 26.1 Å². The molecule has 0 spiro atoms. The number of rotatable bonds is 11. The number of oxime groups is 1. The Hall–Kier alpha value is -5.56. The standard InChI is InChI=1S/C30H25N3O9S/c1-17(34)39-23-14-13-21(15-24(23)40-18(2)35)27(42-33-25(28(36)37)22-16-43-30(31)32-22)29(38)41-26(19-9-5-3-6-10-19)20-11-7-4-8-12-20/h3-16,26-27H,1-2H3,(H2,31,32)(H,36,37)/t27-/m0/s1. The molecule has 4 rings (SSSR count). The number of carbonyl (C=O) groups excluding carboxylic acids is 3. The summed E-state index contributed by atoms with van der Waals surface area (Å²) < 4.78 is 16.3. The van der Waals surface area contributed by atoms with Crippen LogP contribution >= 0.6 is 11.3 Å². The number of hydrogen-bond donors (Lipinski definition) is 2. The summed E-state index contributed by atoms with van der Waals surface area (Å²) in [5, 5.41) is 15.0. The first-order valence-corrected chi connectivity index (χ1v) is 13.5. The van der Waals surface area contributed by atoms with Crippen molar-refractivity contribution in [1.29, 1.82) is 0 Å². The molecular weight excluding hydrogens is 578 g/mol. The van der Waals surface area contributed by atoms with Crippen LogP contribution in [0.4, 0.5) is 5.13 Å². The van der Waals surface area contributed by atoms with E-state index in [-0.39, 0.29) is 27.9 Å². The molecule has 0 aliphatic heterocycles. The van der Waals surface area contributed by atoms with Crippen LogP contribution in [0.1, 0.15) is 48.4 Å². The van der Waals surface area contributed by atoms with Crippen LogP contribution < -0.4 is 15.2 Å². The summed E-state index contributed by atoms with van der Waals surface area (Å²) in [6, 6.07) is 21.8. The van der Waals surface area contributed by atoms with E-state index in [2.05, 4.69) is 10.1 Å². The Morgan fingerprint density at radius 3 is 1.93 bits per heavy atom. The van der Waals surface area contributed by atoms with Gasteiger partial charge in [0, 0.05) is 24.8 Å². The van der Waals surface area contributed by atoms with Crippen LogP contribution in [0.3, 0.4) is 0 Å². The first-order valence-electron chi connectivity index (χ1n) is 12.6. The number of carboxylic acids is 1. The lowest BCUT2D eigenvalue weighted by molar-refractivity contribution is -0.162. The van der Waals surface area contributed by atoms with E-state index in [9.17, 15) is 24.3 Å². The number of esters is 3. The van der Waals surface area contributed by atoms with Crippen molar-refractivity contribution in [3.63, 3.8) is 0 Å². The van der Waals surface area contributed by atoms with Gasteiger partial charge in [0.25, 0.3) is 0 Å². The molecule has 13 heteroatoms. The molecule has 1 heterocycles. The van der Waals surface area contributed by atoms with Gasteiger partial charge in [0.1, 0.15) is 5.69 Å². The largest absolute Gasteiger partial charge is 0.476 e. The Morgan fingerprint density at radius 2 is 1.42 bits per heavy atom. The van der Waals surface area contributed by atoms with Crippen LogP contribution in [0.2, 0.25) is 0 Å². The van der Waals surface area contributed by atoms with E-state index in [1.54, 1.807) is 48.5 Å². The van der Waals surface area contributed by atoms with Crippen LogP contribution in [-0.4, -0.2) is 39.7 Å². The fourth-order valence-electron chi connectivity index (χ4n) is 3.86. The third kappa shape index (κ3) is 8.01. The van der Waals surface area contributed by atoms with Crippen LogP contribution in [0.25, 0.3) is 0 Å². The molecule has 1 aromatic heterocycles. The van der Waals surface area contributed by atoms with E-state index in [1.807, 2.05) is 12.1 Å². The van der Waals surface area contributed by atoms with Gasteiger partial charge in [-0.15, -0.1) is 11.3 Å². The number of carboxylic acid groups (broad SMARTS) is 1. The first kappa shape index (κ1) is 30.4. The number of hydrogen-bond acceptors (Lipinski definition) is 12. The number of aromatic nitrogens is 1. The van der Waals surface area contributed by atoms with Gasteiger partial charge in [-0.1, -0.05) is 71.9 Å². The molecule has 0 aliphatic rings. The zero-order valence-electron chi connectivity index (χ0n) is 22.8. The molecule has 0 radical (unpaired) electrons. The fourth-order valence-corrected chi connectivity index (χ4v) is 4.41. The van der Waals surface area contributed by atoms with Gasteiger partial charge < -0.3 is 29.9 Å². The lowest BCUT2D eigenvalue weighted by atomic mass is 10.0. The predicted molar refractivity (Wildman–Crippen MR) is 154 cm³/mol. The van der Waals surface area contributed by atoms with Crippen molar-refractivity contribution < 1.29 is 43.3 Å². The first-order chi connectivity index (χ1) is 20.6. The second kappa shape index (κ2) is 13.9. The van der Waals surface area contributed by atoms with Crippen molar-refractivity contribution in [3.8, 4) is 11.5 Å². The highest BCUT2D eigenvalue weighted by molar-refractivity contribution is 7.13. The minimum Gasteiger partial charge on any atom is -0.476 e. The highest BCUT2D eigenvalue weighted by Crippen LogP contribution is 2.35. The summed E-state index contributed by atoms with van der Waals surface area (Å²) >= 11 is 0.990. The molecular formula is C30H25N3O9S. The van der Waals surface area contributed by atoms with E-state index < -0.39 is 41.8 Å². The number of aliphatic carboxylic acids is 1. The number of nitrogens with two attached hydrogens (primary N) is 1. The molecule has 0 bridgehead atoms. The minimum absolute atomic E-state index is 0.0447. The third-order valence-corrected chi connectivity index (χ3v) is 6.32. The smallest absolute Gasteiger partial charge is 0.360 e. The average Bonchev–Trinajstić information content (AvgIpc) is 3.40. The predicted octanol–water partition coefficient (Wildman–Crippen LogP) is 4.46. The molecule has 0 aliphatic carbocycles. The molecule has 0 saturated heterocycles. The van der Waals surface area contributed by atoms with E-state index in [1.165, 1.54) is 23.6 Å². The second-order valence-electron chi connectivity index (χ2n) is 8.83. The van der Waals surface area contributed by atoms with E-state index >= 15 is 0 Å². The van der Waals surface area contributed by atoms with Gasteiger partial charge in [0.2, 0.25) is 11.8 Å². The van der Waals surface area contributed by atoms with Crippen molar-refractivity contribution in [1.82, 2.24) is 4.98 Å². The van der Waals surface area contributed by atoms with Crippen LogP contribution in [-0.2, 0) is 28.8 Å². The molecule has 12 nitrogen and oxygen atoms in total. The van der Waals surface area contributed by atoms with Gasteiger partial charge in [-0.25, -0.2) is 14.6 Å². The lowest BCUT2D eigenvalue weighted by Crippen LogP contribution is -2.23. The zero-order chi connectivity index (χ0) is 30.9. The van der Waals surface area contributed by atoms with Gasteiger partial charge in [0.05, 0.1) is 0 Å². The molecule has 3 aromatic carbocycles. The van der Waals surface area contributed by atoms with Crippen LogP contribution in [0.15, 0.2) is 89.4 Å². The van der Waals surface area contributed by atoms with Gasteiger partial charge in [-0.3, -0.25) is 9.59 Å². The molecule has 0 amide bonds. The summed E-state index contributed by atoms with van der Waals surface area (Å²) in [6.45, 7) is 2.30. The maximum absolute atomic E-state index is 13.8. The van der Waals surface area contributed by atoms with Gasteiger partial charge in [0.15, 0.2) is 22.7 Å². The SMILES string of the molecule is CC(=O)Oc1ccc([C@H](ON=C(C(=O)O)c2csc(N)n2)C(=O)OC(c2ccccc2)c2ccccc2)cc1OC(C)=O. The van der Waals surface area contributed by atoms with Crippen molar-refractivity contribution in [3.05, 3.63) is 107 Å². The second-order valence-corrected chi connectivity index (χ2v) is 9.72. The Morgan fingerprint density at radius 1 is 0.837 bits per heavy atom. The molecule has 0 unspecified atom stereocenters. The summed E-state index contributed by atoms with van der Waals surface area (Å²) in [4.78, 5) is 58.7. The number of ether oxygens (including phenoxy) is 3. The fraction of sp³-hybridized carbons (Fsp3) is 0.133. The Bertz CT molecular complexity index is 1620. The molecule has 0 fully saturated rings. The quantitative estimate of drug-likeness (QED) is 0.107. The van der Waals surface area contributed by atoms with Crippen LogP contribution in [0.5, 0.6) is 11.5 Å². The minimum atomic E-state index is -1.68. The van der Waals surface area contributed by atoms with Gasteiger partial charge in [-0.05, 0) is 23.3 Å². The zero-order valence-corrected chi connectivity index (χ0v) is 23.6. The molecule has 3 N–H and O–H groups in total. The number of nitrogen functional groups attached to an aromatic ring is 1. The maximum atomic E-state index is 13.8. The summed E-state index contributed by atoms with van der Waals surface area (Å²) in [5.74, 6) is -4.16. The van der Waals surface area contributed by atoms with Crippen molar-refractivity contribution in [2.24, 2.45) is 5.16 Å². The van der Waals surface area contributed by atoms with E-state index in [4.69, 9.17) is 24.8 Å². The summed E-state index contributed by atoms with van der Waals surface area (Å²) in [7, 11) is 0. The normalized spacial score (nSPS) is 11.8. The van der Waals surface area contributed by atoms with Crippen LogP contribution in [0, 0.1) is 0 Å². The third-order valence-electron chi connectivity index (χ3n) is 5.65. The summed E-state index contributed by atoms with van der Waals surface area (Å²) in [6.07, 6.45) is -2.56. The number of carbonyl (C=O) groups is 4. The van der Waals surface area contributed by atoms with Crippen molar-refractivity contribution in [2.75, 3.05) is 5.73 Å². The lowest BCUT2D eigenvalue weighted by Gasteiger charge is -2.22. The molecule has 1 atom stereocenters. The maximum Gasteiger partial charge on any atom is 0.360 e. The van der Waals surface area contributed by atoms with E-state index in [0.717, 1.165) is 25.2 Å². The number of thiazole rings is 1. The highest BCUT2D eigenvalue weighted by Gasteiger charge is 2.31. The number of nitrogens with zero attached hydrogens (tertiary/aromatic N) is 2. The molecule has 220 valence electrons. The number of anilines is 1. The molecule has 4 aromatic rings. The average molecular weight is 604 g/mol. The highest BCUT2D eigenvalue weighted by atomic mass is 32.1. The molecule has 43 heavy (non-hydrogen) atoms. The van der Waals surface area contributed by atoms with Gasteiger partial charge in [-0.2, -0.15) is 0 Å².